The molecule has 0 aromatic heterocycles. The van der Waals surface area contributed by atoms with Gasteiger partial charge in [0, 0.05) is 5.56 Å². The third-order valence-electron chi connectivity index (χ3n) is 3.01. The molecule has 0 saturated carbocycles. The molecule has 2 aromatic carbocycles. The molecule has 0 radical (unpaired) electrons. The van der Waals surface area contributed by atoms with E-state index in [0.717, 1.165) is 0 Å². The SMILES string of the molecule is COc1ccc(C(=O)OCC(=O)NNC(=O)c2ccccc2)cc1. The molecule has 0 unspecified atom stereocenters. The van der Waals surface area contributed by atoms with E-state index >= 15 is 0 Å². The van der Waals surface area contributed by atoms with Crippen LogP contribution in [-0.4, -0.2) is 31.5 Å². The summed E-state index contributed by atoms with van der Waals surface area (Å²) in [4.78, 5) is 35.1. The van der Waals surface area contributed by atoms with Crippen LogP contribution in [0.1, 0.15) is 20.7 Å². The Bertz CT molecular complexity index is 714. The predicted octanol–water partition coefficient (Wildman–Crippen LogP) is 1.31. The molecule has 7 heteroatoms. The highest BCUT2D eigenvalue weighted by Crippen LogP contribution is 2.11. The first-order valence-electron chi connectivity index (χ1n) is 7.05. The van der Waals surface area contributed by atoms with Crippen molar-refractivity contribution in [2.75, 3.05) is 13.7 Å². The number of hydrogen-bond acceptors (Lipinski definition) is 5. The number of carbonyl (C=O) groups excluding carboxylic acids is 3. The van der Waals surface area contributed by atoms with Gasteiger partial charge in [0.15, 0.2) is 6.61 Å². The second-order valence-corrected chi connectivity index (χ2v) is 4.67. The van der Waals surface area contributed by atoms with Gasteiger partial charge in [0.25, 0.3) is 11.8 Å². The van der Waals surface area contributed by atoms with Crippen LogP contribution in [0.25, 0.3) is 0 Å². The molecule has 0 aliphatic rings. The highest BCUT2D eigenvalue weighted by molar-refractivity contribution is 5.96. The molecule has 2 amide bonds. The fourth-order valence-electron chi connectivity index (χ4n) is 1.77. The van der Waals surface area contributed by atoms with E-state index in [2.05, 4.69) is 10.9 Å². The van der Waals surface area contributed by atoms with E-state index in [1.54, 1.807) is 42.5 Å². The molecule has 2 aromatic rings. The Morgan fingerprint density at radius 3 is 2.17 bits per heavy atom. The monoisotopic (exact) mass is 328 g/mol. The van der Waals surface area contributed by atoms with Gasteiger partial charge < -0.3 is 9.47 Å². The molecule has 0 aliphatic carbocycles. The molecule has 24 heavy (non-hydrogen) atoms. The summed E-state index contributed by atoms with van der Waals surface area (Å²) in [6.45, 7) is -0.514. The van der Waals surface area contributed by atoms with E-state index < -0.39 is 24.4 Å². The minimum Gasteiger partial charge on any atom is -0.497 e. The Labute approximate surface area is 138 Å². The smallest absolute Gasteiger partial charge is 0.338 e. The minimum atomic E-state index is -0.652. The van der Waals surface area contributed by atoms with Crippen LogP contribution in [0.4, 0.5) is 0 Å². The lowest BCUT2D eigenvalue weighted by atomic mass is 10.2. The molecule has 2 rings (SSSR count). The topological polar surface area (TPSA) is 93.7 Å². The molecular formula is C17H16N2O5. The Morgan fingerprint density at radius 2 is 1.54 bits per heavy atom. The fourth-order valence-corrected chi connectivity index (χ4v) is 1.77. The lowest BCUT2D eigenvalue weighted by molar-refractivity contribution is -0.125. The first-order chi connectivity index (χ1) is 11.6. The molecule has 0 heterocycles. The maximum atomic E-state index is 11.8. The average molecular weight is 328 g/mol. The van der Waals surface area contributed by atoms with Crippen LogP contribution in [0.15, 0.2) is 54.6 Å². The van der Waals surface area contributed by atoms with Crippen molar-refractivity contribution in [1.29, 1.82) is 0 Å². The largest absolute Gasteiger partial charge is 0.497 e. The van der Waals surface area contributed by atoms with Crippen LogP contribution in [0.2, 0.25) is 0 Å². The maximum Gasteiger partial charge on any atom is 0.338 e. The van der Waals surface area contributed by atoms with Crippen LogP contribution in [0, 0.1) is 0 Å². The number of nitrogens with one attached hydrogen (secondary N) is 2. The zero-order chi connectivity index (χ0) is 17.4. The molecular weight excluding hydrogens is 312 g/mol. The van der Waals surface area contributed by atoms with Crippen molar-refractivity contribution in [3.05, 3.63) is 65.7 Å². The molecule has 0 atom stereocenters. The van der Waals surface area contributed by atoms with Crippen LogP contribution in [-0.2, 0) is 9.53 Å². The third kappa shape index (κ3) is 4.84. The molecule has 0 spiro atoms. The van der Waals surface area contributed by atoms with Crippen molar-refractivity contribution < 1.29 is 23.9 Å². The summed E-state index contributed by atoms with van der Waals surface area (Å²) >= 11 is 0. The van der Waals surface area contributed by atoms with Gasteiger partial charge in [-0.1, -0.05) is 18.2 Å². The van der Waals surface area contributed by atoms with Crippen molar-refractivity contribution >= 4 is 17.8 Å². The van der Waals surface area contributed by atoms with E-state index in [9.17, 15) is 14.4 Å². The Kier molecular flexibility index (Phi) is 5.90. The van der Waals surface area contributed by atoms with Gasteiger partial charge in [-0.25, -0.2) is 4.79 Å². The van der Waals surface area contributed by atoms with Gasteiger partial charge in [-0.15, -0.1) is 0 Å². The van der Waals surface area contributed by atoms with Gasteiger partial charge in [-0.3, -0.25) is 20.4 Å². The number of methoxy groups -OCH3 is 1. The Morgan fingerprint density at radius 1 is 0.875 bits per heavy atom. The van der Waals surface area contributed by atoms with Gasteiger partial charge in [-0.05, 0) is 36.4 Å². The van der Waals surface area contributed by atoms with Crippen molar-refractivity contribution in [2.24, 2.45) is 0 Å². The lowest BCUT2D eigenvalue weighted by Gasteiger charge is -2.08. The van der Waals surface area contributed by atoms with Gasteiger partial charge >= 0.3 is 5.97 Å². The summed E-state index contributed by atoms with van der Waals surface area (Å²) in [5.41, 5.74) is 5.09. The van der Waals surface area contributed by atoms with E-state index in [1.165, 1.54) is 19.2 Å². The highest BCUT2D eigenvalue weighted by Gasteiger charge is 2.11. The van der Waals surface area contributed by atoms with E-state index in [0.29, 0.717) is 11.3 Å². The van der Waals surface area contributed by atoms with Crippen LogP contribution < -0.4 is 15.6 Å². The first-order valence-corrected chi connectivity index (χ1v) is 7.05. The van der Waals surface area contributed by atoms with Gasteiger partial charge in [0.2, 0.25) is 0 Å². The lowest BCUT2D eigenvalue weighted by Crippen LogP contribution is -2.43. The van der Waals surface area contributed by atoms with Crippen molar-refractivity contribution in [3.8, 4) is 5.75 Å². The number of rotatable bonds is 5. The first kappa shape index (κ1) is 17.0. The summed E-state index contributed by atoms with van der Waals surface area (Å²) < 4.78 is 9.84. The number of benzene rings is 2. The summed E-state index contributed by atoms with van der Waals surface area (Å²) in [6.07, 6.45) is 0. The number of ether oxygens (including phenoxy) is 2. The third-order valence-corrected chi connectivity index (χ3v) is 3.01. The molecule has 0 saturated heterocycles. The normalized spacial score (nSPS) is 9.71. The van der Waals surface area contributed by atoms with Crippen molar-refractivity contribution in [1.82, 2.24) is 10.9 Å². The van der Waals surface area contributed by atoms with Gasteiger partial charge in [0.05, 0.1) is 12.7 Å². The van der Waals surface area contributed by atoms with Crippen LogP contribution >= 0.6 is 0 Å². The van der Waals surface area contributed by atoms with E-state index in [4.69, 9.17) is 9.47 Å². The molecule has 124 valence electrons. The Balaban J connectivity index is 1.76. The molecule has 7 nitrogen and oxygen atoms in total. The van der Waals surface area contributed by atoms with Gasteiger partial charge in [-0.2, -0.15) is 0 Å². The number of amides is 2. The van der Waals surface area contributed by atoms with Gasteiger partial charge in [0.1, 0.15) is 5.75 Å². The second-order valence-electron chi connectivity index (χ2n) is 4.67. The van der Waals surface area contributed by atoms with E-state index in [1.807, 2.05) is 0 Å². The quantitative estimate of drug-likeness (QED) is 0.638. The average Bonchev–Trinajstić information content (AvgIpc) is 2.64. The maximum absolute atomic E-state index is 11.8. The number of esters is 1. The molecule has 2 N–H and O–H groups in total. The second kappa shape index (κ2) is 8.33. The van der Waals surface area contributed by atoms with Crippen LogP contribution in [0.5, 0.6) is 5.75 Å². The number of carbonyl (C=O) groups is 3. The molecule has 0 fully saturated rings. The zero-order valence-electron chi connectivity index (χ0n) is 12.9. The summed E-state index contributed by atoms with van der Waals surface area (Å²) in [7, 11) is 1.52. The minimum absolute atomic E-state index is 0.289. The molecule has 0 aliphatic heterocycles. The summed E-state index contributed by atoms with van der Waals surface area (Å²) in [5, 5.41) is 0. The summed E-state index contributed by atoms with van der Waals surface area (Å²) in [6, 6.07) is 14.6. The predicted molar refractivity (Wildman–Crippen MR) is 85.3 cm³/mol. The molecule has 0 bridgehead atoms. The van der Waals surface area contributed by atoms with E-state index in [-0.39, 0.29) is 5.56 Å². The summed E-state index contributed by atoms with van der Waals surface area (Å²) in [5.74, 6) is -1.17. The van der Waals surface area contributed by atoms with Crippen LogP contribution in [0.3, 0.4) is 0 Å². The Hall–Kier alpha value is -3.35. The van der Waals surface area contributed by atoms with Crippen molar-refractivity contribution in [3.63, 3.8) is 0 Å². The standard InChI is InChI=1S/C17H16N2O5/c1-23-14-9-7-13(8-10-14)17(22)24-11-15(20)18-19-16(21)12-5-3-2-4-6-12/h2-10H,11H2,1H3,(H,18,20)(H,19,21). The number of hydrogen-bond donors (Lipinski definition) is 2. The zero-order valence-corrected chi connectivity index (χ0v) is 12.9. The fraction of sp³-hybridized carbons (Fsp3) is 0.118. The van der Waals surface area contributed by atoms with Crippen molar-refractivity contribution in [2.45, 2.75) is 0 Å². The highest BCUT2D eigenvalue weighted by atomic mass is 16.5. The number of hydrazine groups is 1.